The van der Waals surface area contributed by atoms with Crippen LogP contribution in [0.4, 0.5) is 4.79 Å². The smallest absolute Gasteiger partial charge is 0.407 e. The van der Waals surface area contributed by atoms with Crippen molar-refractivity contribution in [2.24, 2.45) is 11.8 Å². The van der Waals surface area contributed by atoms with Gasteiger partial charge >= 0.3 is 12.1 Å². The monoisotopic (exact) mass is 390 g/mol. The molecule has 1 aliphatic carbocycles. The van der Waals surface area contributed by atoms with Gasteiger partial charge in [0.1, 0.15) is 12.6 Å². The molecule has 1 saturated carbocycles. The lowest BCUT2D eigenvalue weighted by Crippen LogP contribution is -2.52. The number of nitrogens with one attached hydrogen (secondary N) is 2. The van der Waals surface area contributed by atoms with Crippen LogP contribution in [0.15, 0.2) is 30.3 Å². The molecule has 1 fully saturated rings. The van der Waals surface area contributed by atoms with Crippen molar-refractivity contribution in [3.63, 3.8) is 0 Å². The summed E-state index contributed by atoms with van der Waals surface area (Å²) in [5, 5.41) is 6.28. The molecule has 0 unspecified atom stereocenters. The maximum absolute atomic E-state index is 12.3. The number of methoxy groups -OCH3 is 1. The summed E-state index contributed by atoms with van der Waals surface area (Å²) in [6, 6.07) is 9.12. The van der Waals surface area contributed by atoms with Crippen LogP contribution in [0.3, 0.4) is 0 Å². The number of alkyl carbamates (subject to hydrolysis) is 1. The highest BCUT2D eigenvalue weighted by Gasteiger charge is 2.31. The van der Waals surface area contributed by atoms with Gasteiger partial charge in [-0.05, 0) is 30.2 Å². The number of rotatable bonds is 9. The van der Waals surface area contributed by atoms with E-state index in [4.69, 9.17) is 9.47 Å². The van der Waals surface area contributed by atoms with Crippen LogP contribution >= 0.6 is 0 Å². The number of hydrogen-bond donors (Lipinski definition) is 2. The summed E-state index contributed by atoms with van der Waals surface area (Å²) in [6.45, 7) is 4.81. The van der Waals surface area contributed by atoms with E-state index < -0.39 is 6.09 Å². The Hall–Kier alpha value is -2.08. The zero-order chi connectivity index (χ0) is 20.4. The minimum atomic E-state index is -0.448. The first-order valence-corrected chi connectivity index (χ1v) is 10.3. The van der Waals surface area contributed by atoms with Crippen LogP contribution in [-0.4, -0.2) is 37.8 Å². The van der Waals surface area contributed by atoms with Crippen molar-refractivity contribution >= 4 is 12.1 Å². The lowest BCUT2D eigenvalue weighted by Gasteiger charge is -2.31. The summed E-state index contributed by atoms with van der Waals surface area (Å²) in [4.78, 5) is 24.5. The largest absolute Gasteiger partial charge is 0.468 e. The average molecular weight is 391 g/mol. The molecule has 1 aromatic rings. The van der Waals surface area contributed by atoms with Gasteiger partial charge in [0.15, 0.2) is 0 Å². The SMILES string of the molecule is COC(=O)[C@@H](NC[C@@H](NC(=O)OCc1ccccc1)C(C)C)C1CCCCC1. The molecule has 1 aliphatic rings. The fourth-order valence-electron chi connectivity index (χ4n) is 3.66. The second-order valence-corrected chi connectivity index (χ2v) is 7.86. The van der Waals surface area contributed by atoms with E-state index in [-0.39, 0.29) is 30.6 Å². The van der Waals surface area contributed by atoms with Crippen LogP contribution in [-0.2, 0) is 20.9 Å². The van der Waals surface area contributed by atoms with Gasteiger partial charge in [-0.1, -0.05) is 63.4 Å². The molecular formula is C22H34N2O4. The lowest BCUT2D eigenvalue weighted by atomic mass is 9.83. The highest BCUT2D eigenvalue weighted by Crippen LogP contribution is 2.27. The zero-order valence-electron chi connectivity index (χ0n) is 17.3. The highest BCUT2D eigenvalue weighted by molar-refractivity contribution is 5.76. The van der Waals surface area contributed by atoms with E-state index in [0.29, 0.717) is 12.5 Å². The Morgan fingerprint density at radius 2 is 1.79 bits per heavy atom. The standard InChI is InChI=1S/C22H34N2O4/c1-16(2)19(24-22(26)28-15-17-10-6-4-7-11-17)14-23-20(21(25)27-3)18-12-8-5-9-13-18/h4,6-7,10-11,16,18-20,23H,5,8-9,12-15H2,1-3H3,(H,24,26)/t19-,20+/m1/s1. The molecule has 0 radical (unpaired) electrons. The molecule has 2 N–H and O–H groups in total. The molecule has 2 atom stereocenters. The Balaban J connectivity index is 1.87. The Morgan fingerprint density at radius 1 is 1.11 bits per heavy atom. The van der Waals surface area contributed by atoms with Gasteiger partial charge in [0.05, 0.1) is 7.11 Å². The van der Waals surface area contributed by atoms with E-state index in [2.05, 4.69) is 10.6 Å². The van der Waals surface area contributed by atoms with Gasteiger partial charge in [0.2, 0.25) is 0 Å². The van der Waals surface area contributed by atoms with Gasteiger partial charge < -0.3 is 20.1 Å². The Kier molecular flexibility index (Phi) is 9.28. The average Bonchev–Trinajstić information content (AvgIpc) is 2.72. The van der Waals surface area contributed by atoms with E-state index in [9.17, 15) is 9.59 Å². The minimum Gasteiger partial charge on any atom is -0.468 e. The predicted molar refractivity (Wildman–Crippen MR) is 109 cm³/mol. The molecule has 0 heterocycles. The summed E-state index contributed by atoms with van der Waals surface area (Å²) in [5.74, 6) is 0.265. The lowest BCUT2D eigenvalue weighted by molar-refractivity contribution is -0.145. The first-order valence-electron chi connectivity index (χ1n) is 10.3. The highest BCUT2D eigenvalue weighted by atomic mass is 16.5. The van der Waals surface area contributed by atoms with Crippen molar-refractivity contribution in [2.75, 3.05) is 13.7 Å². The van der Waals surface area contributed by atoms with Crippen LogP contribution in [0, 0.1) is 11.8 Å². The van der Waals surface area contributed by atoms with E-state index >= 15 is 0 Å². The Morgan fingerprint density at radius 3 is 2.39 bits per heavy atom. The topological polar surface area (TPSA) is 76.7 Å². The summed E-state index contributed by atoms with van der Waals surface area (Å²) < 4.78 is 10.3. The zero-order valence-corrected chi connectivity index (χ0v) is 17.3. The Labute approximate surface area is 168 Å². The normalized spacial score (nSPS) is 17.0. The third-order valence-corrected chi connectivity index (χ3v) is 5.45. The first-order chi connectivity index (χ1) is 13.5. The summed E-state index contributed by atoms with van der Waals surface area (Å²) in [5.41, 5.74) is 0.944. The molecule has 1 amide bonds. The Bertz CT molecular complexity index is 600. The molecular weight excluding hydrogens is 356 g/mol. The number of benzene rings is 1. The number of hydrogen-bond acceptors (Lipinski definition) is 5. The number of carbonyl (C=O) groups excluding carboxylic acids is 2. The van der Waals surface area contributed by atoms with Crippen molar-refractivity contribution in [3.8, 4) is 0 Å². The summed E-state index contributed by atoms with van der Waals surface area (Å²) in [6.07, 6.45) is 5.15. The minimum absolute atomic E-state index is 0.140. The molecule has 28 heavy (non-hydrogen) atoms. The molecule has 2 rings (SSSR count). The third kappa shape index (κ3) is 7.15. The number of carbonyl (C=O) groups is 2. The second kappa shape index (κ2) is 11.7. The van der Waals surface area contributed by atoms with Crippen LogP contribution in [0.2, 0.25) is 0 Å². The molecule has 6 heteroatoms. The second-order valence-electron chi connectivity index (χ2n) is 7.86. The van der Waals surface area contributed by atoms with E-state index in [1.54, 1.807) is 0 Å². The fourth-order valence-corrected chi connectivity index (χ4v) is 3.66. The number of esters is 1. The van der Waals surface area contributed by atoms with Crippen LogP contribution < -0.4 is 10.6 Å². The van der Waals surface area contributed by atoms with Crippen molar-refractivity contribution in [3.05, 3.63) is 35.9 Å². The first kappa shape index (κ1) is 22.2. The molecule has 0 bridgehead atoms. The number of amides is 1. The van der Waals surface area contributed by atoms with Gasteiger partial charge in [-0.3, -0.25) is 4.79 Å². The molecule has 156 valence electrons. The molecule has 6 nitrogen and oxygen atoms in total. The fraction of sp³-hybridized carbons (Fsp3) is 0.636. The van der Waals surface area contributed by atoms with Gasteiger partial charge in [-0.2, -0.15) is 0 Å². The summed E-state index contributed by atoms with van der Waals surface area (Å²) >= 11 is 0. The van der Waals surface area contributed by atoms with Gasteiger partial charge in [0, 0.05) is 12.6 Å². The van der Waals surface area contributed by atoms with Crippen molar-refractivity contribution in [1.82, 2.24) is 10.6 Å². The van der Waals surface area contributed by atoms with E-state index in [0.717, 1.165) is 31.2 Å². The number of ether oxygens (including phenoxy) is 2. The van der Waals surface area contributed by atoms with E-state index in [1.807, 2.05) is 44.2 Å². The maximum Gasteiger partial charge on any atom is 0.407 e. The van der Waals surface area contributed by atoms with Crippen LogP contribution in [0.1, 0.15) is 51.5 Å². The van der Waals surface area contributed by atoms with Gasteiger partial charge in [0.25, 0.3) is 0 Å². The van der Waals surface area contributed by atoms with Crippen molar-refractivity contribution in [1.29, 1.82) is 0 Å². The predicted octanol–water partition coefficient (Wildman–Crippen LogP) is 3.65. The molecule has 0 aromatic heterocycles. The molecule has 1 aromatic carbocycles. The maximum atomic E-state index is 12.3. The van der Waals surface area contributed by atoms with Gasteiger partial charge in [-0.15, -0.1) is 0 Å². The molecule has 0 aliphatic heterocycles. The van der Waals surface area contributed by atoms with Crippen molar-refractivity contribution < 1.29 is 19.1 Å². The summed E-state index contributed by atoms with van der Waals surface area (Å²) in [7, 11) is 1.43. The van der Waals surface area contributed by atoms with Crippen LogP contribution in [0.25, 0.3) is 0 Å². The van der Waals surface area contributed by atoms with Gasteiger partial charge in [-0.25, -0.2) is 4.79 Å². The molecule has 0 spiro atoms. The quantitative estimate of drug-likeness (QED) is 0.630. The van der Waals surface area contributed by atoms with Crippen molar-refractivity contribution in [2.45, 2.75) is 64.6 Å². The third-order valence-electron chi connectivity index (χ3n) is 5.45. The molecule has 0 saturated heterocycles. The van der Waals surface area contributed by atoms with Crippen LogP contribution in [0.5, 0.6) is 0 Å². The van der Waals surface area contributed by atoms with E-state index in [1.165, 1.54) is 13.5 Å².